The zero-order valence-corrected chi connectivity index (χ0v) is 16.1. The van der Waals surface area contributed by atoms with Gasteiger partial charge in [0.2, 0.25) is 0 Å². The zero-order chi connectivity index (χ0) is 19.0. The van der Waals surface area contributed by atoms with E-state index in [1.54, 1.807) is 13.3 Å². The van der Waals surface area contributed by atoms with Gasteiger partial charge in [0.25, 0.3) is 0 Å². The van der Waals surface area contributed by atoms with Crippen LogP contribution in [-0.4, -0.2) is 44.8 Å². The summed E-state index contributed by atoms with van der Waals surface area (Å²) in [5.41, 5.74) is 8.03. The second kappa shape index (κ2) is 7.25. The average molecular weight is 366 g/mol. The molecule has 4 rings (SSSR count). The molecule has 142 valence electrons. The van der Waals surface area contributed by atoms with Crippen LogP contribution in [0.4, 0.5) is 0 Å². The van der Waals surface area contributed by atoms with E-state index in [1.165, 1.54) is 5.56 Å². The number of rotatable bonds is 6. The van der Waals surface area contributed by atoms with E-state index >= 15 is 0 Å². The van der Waals surface area contributed by atoms with Crippen molar-refractivity contribution in [3.05, 3.63) is 47.7 Å². The number of nitrogens with zero attached hydrogens (tertiary/aromatic N) is 5. The van der Waals surface area contributed by atoms with Crippen molar-refractivity contribution in [3.63, 3.8) is 0 Å². The molecular formula is C20H26N6O. The molecule has 27 heavy (non-hydrogen) atoms. The summed E-state index contributed by atoms with van der Waals surface area (Å²) in [6.07, 6.45) is 3.81. The SMILES string of the molecule is COc1ccc(CN(C)Cc2nnc(C3CC(N)C3)n2C)c2cccnc12. The summed E-state index contributed by atoms with van der Waals surface area (Å²) >= 11 is 0. The van der Waals surface area contributed by atoms with E-state index in [0.717, 1.165) is 54.2 Å². The maximum Gasteiger partial charge on any atom is 0.146 e. The minimum atomic E-state index is 0.315. The van der Waals surface area contributed by atoms with Crippen LogP contribution in [0.1, 0.15) is 36.0 Å². The minimum absolute atomic E-state index is 0.315. The van der Waals surface area contributed by atoms with Crippen molar-refractivity contribution in [2.24, 2.45) is 12.8 Å². The molecule has 2 N–H and O–H groups in total. The van der Waals surface area contributed by atoms with Crippen LogP contribution in [0.25, 0.3) is 10.9 Å². The van der Waals surface area contributed by atoms with Gasteiger partial charge in [-0.1, -0.05) is 12.1 Å². The van der Waals surface area contributed by atoms with Crippen LogP contribution in [-0.2, 0) is 20.1 Å². The molecule has 0 saturated heterocycles. The van der Waals surface area contributed by atoms with Crippen molar-refractivity contribution < 1.29 is 4.74 Å². The number of benzene rings is 1. The van der Waals surface area contributed by atoms with Gasteiger partial charge in [-0.25, -0.2) is 0 Å². The highest BCUT2D eigenvalue weighted by Gasteiger charge is 2.31. The van der Waals surface area contributed by atoms with Gasteiger partial charge in [-0.05, 0) is 37.6 Å². The first-order valence-electron chi connectivity index (χ1n) is 9.29. The second-order valence-electron chi connectivity index (χ2n) is 7.46. The summed E-state index contributed by atoms with van der Waals surface area (Å²) in [6, 6.07) is 8.46. The van der Waals surface area contributed by atoms with Crippen molar-refractivity contribution >= 4 is 10.9 Å². The van der Waals surface area contributed by atoms with Crippen LogP contribution in [0, 0.1) is 0 Å². The Labute approximate surface area is 159 Å². The van der Waals surface area contributed by atoms with Crippen molar-refractivity contribution in [1.82, 2.24) is 24.6 Å². The average Bonchev–Trinajstić information content (AvgIpc) is 2.99. The molecule has 0 spiro atoms. The fourth-order valence-corrected chi connectivity index (χ4v) is 3.84. The molecule has 1 saturated carbocycles. The van der Waals surface area contributed by atoms with Gasteiger partial charge in [0.05, 0.1) is 13.7 Å². The van der Waals surface area contributed by atoms with Crippen LogP contribution < -0.4 is 10.5 Å². The Morgan fingerprint density at radius 3 is 2.78 bits per heavy atom. The van der Waals surface area contributed by atoms with E-state index < -0.39 is 0 Å². The highest BCUT2D eigenvalue weighted by molar-refractivity contribution is 5.87. The van der Waals surface area contributed by atoms with Crippen LogP contribution in [0.15, 0.2) is 30.5 Å². The Balaban J connectivity index is 1.50. The van der Waals surface area contributed by atoms with Crippen molar-refractivity contribution in [1.29, 1.82) is 0 Å². The number of fused-ring (bicyclic) bond motifs is 1. The molecule has 2 aromatic heterocycles. The summed E-state index contributed by atoms with van der Waals surface area (Å²) < 4.78 is 7.57. The smallest absolute Gasteiger partial charge is 0.146 e. The number of nitrogens with two attached hydrogens (primary N) is 1. The predicted octanol–water partition coefficient (Wildman–Crippen LogP) is 2.21. The van der Waals surface area contributed by atoms with Crippen LogP contribution in [0.5, 0.6) is 5.75 Å². The van der Waals surface area contributed by atoms with Gasteiger partial charge in [0.1, 0.15) is 22.9 Å². The zero-order valence-electron chi connectivity index (χ0n) is 16.1. The van der Waals surface area contributed by atoms with Gasteiger partial charge >= 0.3 is 0 Å². The predicted molar refractivity (Wildman–Crippen MR) is 104 cm³/mol. The summed E-state index contributed by atoms with van der Waals surface area (Å²) in [5, 5.41) is 9.94. The van der Waals surface area contributed by atoms with Gasteiger partial charge in [0, 0.05) is 37.1 Å². The standard InChI is InChI=1S/C20H26N6O/c1-25(12-18-23-24-20(26(18)2)14-9-15(21)10-14)11-13-6-7-17(27-3)19-16(13)5-4-8-22-19/h4-8,14-15H,9-12,21H2,1-3H3. The molecule has 0 bridgehead atoms. The summed E-state index contributed by atoms with van der Waals surface area (Å²) in [7, 11) is 5.82. The maximum atomic E-state index is 5.92. The van der Waals surface area contributed by atoms with E-state index in [9.17, 15) is 0 Å². The molecule has 0 radical (unpaired) electrons. The molecule has 0 amide bonds. The third-order valence-electron chi connectivity index (χ3n) is 5.43. The molecule has 1 fully saturated rings. The van der Waals surface area contributed by atoms with Crippen molar-refractivity contribution in [3.8, 4) is 5.75 Å². The Hall–Kier alpha value is -2.51. The molecule has 0 atom stereocenters. The molecule has 0 aliphatic heterocycles. The molecule has 7 heteroatoms. The highest BCUT2D eigenvalue weighted by atomic mass is 16.5. The fourth-order valence-electron chi connectivity index (χ4n) is 3.84. The molecule has 0 unspecified atom stereocenters. The molecule has 7 nitrogen and oxygen atoms in total. The quantitative estimate of drug-likeness (QED) is 0.720. The van der Waals surface area contributed by atoms with E-state index in [1.807, 2.05) is 12.1 Å². The fraction of sp³-hybridized carbons (Fsp3) is 0.450. The Morgan fingerprint density at radius 1 is 1.22 bits per heavy atom. The van der Waals surface area contributed by atoms with E-state index in [2.05, 4.69) is 50.9 Å². The number of pyridine rings is 1. The van der Waals surface area contributed by atoms with Crippen molar-refractivity contribution in [2.75, 3.05) is 14.2 Å². The summed E-state index contributed by atoms with van der Waals surface area (Å²) in [4.78, 5) is 6.73. The van der Waals surface area contributed by atoms with E-state index in [0.29, 0.717) is 12.0 Å². The molecular weight excluding hydrogens is 340 g/mol. The number of hydrogen-bond donors (Lipinski definition) is 1. The number of ether oxygens (including phenoxy) is 1. The van der Waals surface area contributed by atoms with Gasteiger partial charge in [-0.2, -0.15) is 0 Å². The first-order valence-corrected chi connectivity index (χ1v) is 9.29. The molecule has 1 aliphatic rings. The summed E-state index contributed by atoms with van der Waals surface area (Å²) in [6.45, 7) is 1.53. The number of aromatic nitrogens is 4. The first-order chi connectivity index (χ1) is 13.1. The van der Waals surface area contributed by atoms with Crippen molar-refractivity contribution in [2.45, 2.75) is 37.9 Å². The normalized spacial score (nSPS) is 19.4. The lowest BCUT2D eigenvalue weighted by molar-refractivity contribution is 0.303. The van der Waals surface area contributed by atoms with E-state index in [4.69, 9.17) is 10.5 Å². The lowest BCUT2D eigenvalue weighted by Crippen LogP contribution is -2.36. The maximum absolute atomic E-state index is 5.92. The van der Waals surface area contributed by atoms with E-state index in [-0.39, 0.29) is 0 Å². The van der Waals surface area contributed by atoms with Gasteiger partial charge in [-0.15, -0.1) is 10.2 Å². The lowest BCUT2D eigenvalue weighted by atomic mass is 9.80. The monoisotopic (exact) mass is 366 g/mol. The number of hydrogen-bond acceptors (Lipinski definition) is 6. The third kappa shape index (κ3) is 3.40. The minimum Gasteiger partial charge on any atom is -0.494 e. The number of methoxy groups -OCH3 is 1. The molecule has 3 aromatic rings. The molecule has 1 aliphatic carbocycles. The second-order valence-corrected chi connectivity index (χ2v) is 7.46. The summed E-state index contributed by atoms with van der Waals surface area (Å²) in [5.74, 6) is 3.28. The lowest BCUT2D eigenvalue weighted by Gasteiger charge is -2.31. The highest BCUT2D eigenvalue weighted by Crippen LogP contribution is 2.34. The topological polar surface area (TPSA) is 82.1 Å². The largest absolute Gasteiger partial charge is 0.494 e. The van der Waals surface area contributed by atoms with Gasteiger partial charge in [-0.3, -0.25) is 9.88 Å². The van der Waals surface area contributed by atoms with Gasteiger partial charge in [0.15, 0.2) is 0 Å². The third-order valence-corrected chi connectivity index (χ3v) is 5.43. The van der Waals surface area contributed by atoms with Crippen LogP contribution in [0.2, 0.25) is 0 Å². The Kier molecular flexibility index (Phi) is 4.80. The van der Waals surface area contributed by atoms with Gasteiger partial charge < -0.3 is 15.0 Å². The van der Waals surface area contributed by atoms with Crippen LogP contribution in [0.3, 0.4) is 0 Å². The Bertz CT molecular complexity index is 947. The first kappa shape index (κ1) is 17.9. The Morgan fingerprint density at radius 2 is 2.04 bits per heavy atom. The van der Waals surface area contributed by atoms with Crippen LogP contribution >= 0.6 is 0 Å². The molecule has 1 aromatic carbocycles. The molecule has 2 heterocycles.